The Morgan fingerprint density at radius 1 is 1.11 bits per heavy atom. The number of pyridine rings is 2. The zero-order valence-electron chi connectivity index (χ0n) is 20.5. The predicted octanol–water partition coefficient (Wildman–Crippen LogP) is 3.98. The topological polar surface area (TPSA) is 70.6 Å². The van der Waals surface area contributed by atoms with Crippen molar-refractivity contribution in [3.63, 3.8) is 0 Å². The maximum Gasteiger partial charge on any atom is 0.229 e. The van der Waals surface area contributed by atoms with Gasteiger partial charge in [0.25, 0.3) is 0 Å². The van der Waals surface area contributed by atoms with E-state index in [1.165, 1.54) is 11.3 Å². The van der Waals surface area contributed by atoms with Gasteiger partial charge in [-0.15, -0.1) is 0 Å². The minimum Gasteiger partial charge on any atom is -0.379 e. The average molecular weight is 472 g/mol. The van der Waals surface area contributed by atoms with Crippen LogP contribution in [0.5, 0.6) is 0 Å². The average Bonchev–Trinajstić information content (AvgIpc) is 3.57. The quantitative estimate of drug-likeness (QED) is 0.607. The van der Waals surface area contributed by atoms with E-state index < -0.39 is 0 Å². The lowest BCUT2D eigenvalue weighted by atomic mass is 9.97. The van der Waals surface area contributed by atoms with Crippen LogP contribution >= 0.6 is 0 Å². The fraction of sp³-hybridized carbons (Fsp3) is 0.464. The van der Waals surface area contributed by atoms with Crippen LogP contribution in [0.1, 0.15) is 36.9 Å². The van der Waals surface area contributed by atoms with E-state index in [1.807, 2.05) is 30.5 Å². The van der Waals surface area contributed by atoms with E-state index in [1.54, 1.807) is 6.20 Å². The highest BCUT2D eigenvalue weighted by Gasteiger charge is 2.45. The molecule has 4 heterocycles. The Bertz CT molecular complexity index is 1230. The molecule has 3 atom stereocenters. The zero-order valence-corrected chi connectivity index (χ0v) is 20.5. The van der Waals surface area contributed by atoms with Crippen molar-refractivity contribution in [2.45, 2.75) is 38.1 Å². The molecule has 182 valence electrons. The van der Waals surface area contributed by atoms with Gasteiger partial charge in [0.05, 0.1) is 6.61 Å². The Morgan fingerprint density at radius 3 is 2.71 bits per heavy atom. The van der Waals surface area contributed by atoms with Crippen LogP contribution in [0.2, 0.25) is 0 Å². The van der Waals surface area contributed by atoms with E-state index in [9.17, 15) is 4.79 Å². The molecule has 1 saturated carbocycles. The second-order valence-corrected chi connectivity index (χ2v) is 10.5. The number of aryl methyl sites for hydroxylation is 1. The molecule has 1 aromatic carbocycles. The van der Waals surface area contributed by atoms with Gasteiger partial charge in [-0.25, -0.2) is 4.98 Å². The Labute approximate surface area is 206 Å². The summed E-state index contributed by atoms with van der Waals surface area (Å²) in [6.45, 7) is 10.3. The molecule has 1 amide bonds. The third-order valence-electron chi connectivity index (χ3n) is 8.06. The van der Waals surface area contributed by atoms with Crippen molar-refractivity contribution in [1.82, 2.24) is 14.9 Å². The molecule has 1 aliphatic carbocycles. The van der Waals surface area contributed by atoms with Crippen LogP contribution in [0.25, 0.3) is 10.8 Å². The van der Waals surface area contributed by atoms with Gasteiger partial charge in [0, 0.05) is 79.3 Å². The highest BCUT2D eigenvalue weighted by atomic mass is 16.5. The first kappa shape index (κ1) is 22.4. The van der Waals surface area contributed by atoms with E-state index in [0.29, 0.717) is 5.82 Å². The largest absolute Gasteiger partial charge is 0.379 e. The number of benzene rings is 1. The van der Waals surface area contributed by atoms with E-state index in [4.69, 9.17) is 4.74 Å². The molecule has 2 aliphatic heterocycles. The second-order valence-electron chi connectivity index (χ2n) is 10.5. The van der Waals surface area contributed by atoms with E-state index in [2.05, 4.69) is 51.1 Å². The molecule has 35 heavy (non-hydrogen) atoms. The lowest BCUT2D eigenvalue weighted by Gasteiger charge is -2.44. The van der Waals surface area contributed by atoms with Crippen molar-refractivity contribution in [3.8, 4) is 0 Å². The van der Waals surface area contributed by atoms with Crippen LogP contribution in [-0.2, 0) is 9.53 Å². The van der Waals surface area contributed by atoms with E-state index in [0.717, 1.165) is 68.7 Å². The summed E-state index contributed by atoms with van der Waals surface area (Å²) in [7, 11) is 0. The van der Waals surface area contributed by atoms with Gasteiger partial charge in [-0.05, 0) is 68.0 Å². The van der Waals surface area contributed by atoms with Crippen LogP contribution in [0.3, 0.4) is 0 Å². The molecule has 3 aliphatic rings. The molecule has 3 fully saturated rings. The summed E-state index contributed by atoms with van der Waals surface area (Å²) in [5.74, 6) is 0.824. The fourth-order valence-electron chi connectivity index (χ4n) is 5.72. The van der Waals surface area contributed by atoms with Gasteiger partial charge < -0.3 is 15.0 Å². The molecule has 2 saturated heterocycles. The molecule has 2 aromatic heterocycles. The molecule has 6 rings (SSSR count). The molecule has 0 bridgehead atoms. The number of nitrogens with zero attached hydrogens (tertiary/aromatic N) is 4. The predicted molar refractivity (Wildman–Crippen MR) is 138 cm³/mol. The molecule has 1 unspecified atom stereocenters. The number of carbonyl (C=O) groups is 1. The van der Waals surface area contributed by atoms with Gasteiger partial charge in [-0.1, -0.05) is 6.07 Å². The van der Waals surface area contributed by atoms with Crippen molar-refractivity contribution in [2.24, 2.45) is 5.92 Å². The van der Waals surface area contributed by atoms with Gasteiger partial charge in [0.2, 0.25) is 5.91 Å². The first-order valence-corrected chi connectivity index (χ1v) is 12.7. The van der Waals surface area contributed by atoms with Crippen LogP contribution in [0, 0.1) is 12.8 Å². The maximum atomic E-state index is 12.8. The summed E-state index contributed by atoms with van der Waals surface area (Å²) < 4.78 is 5.68. The normalized spacial score (nSPS) is 26.7. The highest BCUT2D eigenvalue weighted by molar-refractivity contribution is 5.97. The molecule has 1 N–H and O–H groups in total. The van der Waals surface area contributed by atoms with Gasteiger partial charge >= 0.3 is 0 Å². The number of aromatic nitrogens is 2. The minimum atomic E-state index is -0.0283. The molecular formula is C28H33N5O2. The SMILES string of the molecule is Cc1cc2cnc(NC(=O)[C@@H]3C[C@H]3c3ccccn3)cc2cc1N1CCN(C2(C)CCOC2)CC1. The molecular weight excluding hydrogens is 438 g/mol. The zero-order chi connectivity index (χ0) is 24.0. The number of carbonyl (C=O) groups excluding carboxylic acids is 1. The summed E-state index contributed by atoms with van der Waals surface area (Å²) in [6, 6.07) is 12.3. The van der Waals surface area contributed by atoms with E-state index >= 15 is 0 Å². The van der Waals surface area contributed by atoms with Crippen LogP contribution in [-0.4, -0.2) is 65.7 Å². The Balaban J connectivity index is 1.15. The monoisotopic (exact) mass is 471 g/mol. The van der Waals surface area contributed by atoms with Gasteiger partial charge in [0.1, 0.15) is 5.82 Å². The Hall–Kier alpha value is -3.03. The summed E-state index contributed by atoms with van der Waals surface area (Å²) in [5.41, 5.74) is 3.70. The van der Waals surface area contributed by atoms with Gasteiger partial charge in [0.15, 0.2) is 0 Å². The highest BCUT2D eigenvalue weighted by Crippen LogP contribution is 2.47. The number of nitrogens with one attached hydrogen (secondary N) is 1. The first-order chi connectivity index (χ1) is 17.0. The lowest BCUT2D eigenvalue weighted by molar-refractivity contribution is -0.117. The van der Waals surface area contributed by atoms with Crippen LogP contribution < -0.4 is 10.2 Å². The van der Waals surface area contributed by atoms with Crippen molar-refractivity contribution in [1.29, 1.82) is 0 Å². The number of hydrogen-bond donors (Lipinski definition) is 1. The summed E-state index contributed by atoms with van der Waals surface area (Å²) in [5, 5.41) is 5.24. The number of ether oxygens (including phenoxy) is 1. The summed E-state index contributed by atoms with van der Waals surface area (Å²) in [6.07, 6.45) is 5.62. The van der Waals surface area contributed by atoms with Crippen molar-refractivity contribution in [2.75, 3.05) is 49.6 Å². The van der Waals surface area contributed by atoms with Gasteiger partial charge in [-0.3, -0.25) is 14.7 Å². The minimum absolute atomic E-state index is 0.0281. The third kappa shape index (κ3) is 4.39. The van der Waals surface area contributed by atoms with E-state index in [-0.39, 0.29) is 23.3 Å². The Morgan fingerprint density at radius 2 is 1.97 bits per heavy atom. The van der Waals surface area contributed by atoms with Crippen LogP contribution in [0.4, 0.5) is 11.5 Å². The molecule has 7 heteroatoms. The summed E-state index contributed by atoms with van der Waals surface area (Å²) >= 11 is 0. The lowest BCUT2D eigenvalue weighted by Crippen LogP contribution is -2.56. The standard InChI is InChI=1S/C28H33N5O2/c1-19-13-21-17-30-26(31-27(34)23-16-22(23)24-5-3-4-7-29-24)15-20(21)14-25(19)32-8-10-33(11-9-32)28(2)6-12-35-18-28/h3-5,7,13-15,17,22-23H,6,8-12,16,18H2,1-2H3,(H,30,31,34)/t22-,23-,28?/m1/s1. The molecule has 3 aromatic rings. The maximum absolute atomic E-state index is 12.8. The number of rotatable bonds is 5. The number of amides is 1. The van der Waals surface area contributed by atoms with Crippen molar-refractivity contribution >= 4 is 28.2 Å². The second kappa shape index (κ2) is 8.88. The number of fused-ring (bicyclic) bond motifs is 1. The number of hydrogen-bond acceptors (Lipinski definition) is 6. The fourth-order valence-corrected chi connectivity index (χ4v) is 5.72. The summed E-state index contributed by atoms with van der Waals surface area (Å²) in [4.78, 5) is 26.8. The van der Waals surface area contributed by atoms with Crippen LogP contribution in [0.15, 0.2) is 48.8 Å². The first-order valence-electron chi connectivity index (χ1n) is 12.7. The van der Waals surface area contributed by atoms with Crippen molar-refractivity contribution in [3.05, 3.63) is 60.0 Å². The number of piperazine rings is 1. The van der Waals surface area contributed by atoms with Crippen molar-refractivity contribution < 1.29 is 9.53 Å². The molecule has 0 spiro atoms. The third-order valence-corrected chi connectivity index (χ3v) is 8.06. The van der Waals surface area contributed by atoms with Gasteiger partial charge in [-0.2, -0.15) is 0 Å². The molecule has 7 nitrogen and oxygen atoms in total. The smallest absolute Gasteiger partial charge is 0.229 e. The Kier molecular flexibility index (Phi) is 5.69. The number of anilines is 2. The molecule has 0 radical (unpaired) electrons.